The predicted molar refractivity (Wildman–Crippen MR) is 90.4 cm³/mol. The maximum Gasteiger partial charge on any atom is 0.251 e. The van der Waals surface area contributed by atoms with E-state index in [1.54, 1.807) is 6.07 Å². The maximum absolute atomic E-state index is 12.6. The van der Waals surface area contributed by atoms with Crippen molar-refractivity contribution in [2.24, 2.45) is 0 Å². The fourth-order valence-corrected chi connectivity index (χ4v) is 7.76. The molecule has 1 saturated carbocycles. The van der Waals surface area contributed by atoms with Crippen LogP contribution in [0.2, 0.25) is 0 Å². The van der Waals surface area contributed by atoms with Gasteiger partial charge in [-0.3, -0.25) is 4.79 Å². The molecule has 3 rings (SSSR count). The molecule has 132 valence electrons. The minimum atomic E-state index is -3.75. The van der Waals surface area contributed by atoms with Crippen LogP contribution in [-0.4, -0.2) is 45.5 Å². The van der Waals surface area contributed by atoms with E-state index in [2.05, 4.69) is 5.32 Å². The lowest BCUT2D eigenvalue weighted by Crippen LogP contribution is -2.32. The van der Waals surface area contributed by atoms with Gasteiger partial charge in [-0.15, -0.1) is 0 Å². The molecule has 0 radical (unpaired) electrons. The van der Waals surface area contributed by atoms with Gasteiger partial charge in [-0.1, -0.05) is 18.9 Å². The van der Waals surface area contributed by atoms with Crippen molar-refractivity contribution in [3.05, 3.63) is 29.8 Å². The van der Waals surface area contributed by atoms with Crippen molar-refractivity contribution in [1.82, 2.24) is 5.32 Å². The zero-order valence-corrected chi connectivity index (χ0v) is 14.9. The topological polar surface area (TPSA) is 97.4 Å². The number of sulfone groups is 2. The van der Waals surface area contributed by atoms with Crippen molar-refractivity contribution in [3.63, 3.8) is 0 Å². The fraction of sp³-hybridized carbons (Fsp3) is 0.562. The van der Waals surface area contributed by atoms with Gasteiger partial charge in [0.2, 0.25) is 0 Å². The maximum atomic E-state index is 12.6. The number of rotatable bonds is 4. The molecule has 1 unspecified atom stereocenters. The van der Waals surface area contributed by atoms with Gasteiger partial charge in [-0.25, -0.2) is 16.8 Å². The Hall–Kier alpha value is -1.41. The molecular weight excluding hydrogens is 350 g/mol. The van der Waals surface area contributed by atoms with Gasteiger partial charge in [0.1, 0.15) is 0 Å². The third-order valence-electron chi connectivity index (χ3n) is 4.74. The molecule has 1 heterocycles. The van der Waals surface area contributed by atoms with Crippen molar-refractivity contribution in [3.8, 4) is 0 Å². The van der Waals surface area contributed by atoms with Crippen LogP contribution < -0.4 is 5.32 Å². The van der Waals surface area contributed by atoms with Gasteiger partial charge < -0.3 is 5.32 Å². The monoisotopic (exact) mass is 371 g/mol. The number of carbonyl (C=O) groups excluding carboxylic acids is 1. The van der Waals surface area contributed by atoms with E-state index in [-0.39, 0.29) is 34.8 Å². The average molecular weight is 371 g/mol. The van der Waals surface area contributed by atoms with Crippen LogP contribution in [0.1, 0.15) is 42.5 Å². The van der Waals surface area contributed by atoms with Crippen LogP contribution in [0.5, 0.6) is 0 Å². The zero-order chi connectivity index (χ0) is 17.4. The number of carbonyl (C=O) groups is 1. The number of hydrogen-bond donors (Lipinski definition) is 1. The standard InChI is InChI=1S/C16H21NO5S2/c18-16(17-13-5-1-2-6-13)12-4-3-7-14(10-12)24(21,22)15-8-9-23(19,20)11-15/h3-4,7,10,13,15H,1-2,5-6,8-9,11H2,(H,17,18). The fourth-order valence-electron chi connectivity index (χ4n) is 3.35. The molecule has 1 aromatic carbocycles. The highest BCUT2D eigenvalue weighted by Crippen LogP contribution is 2.26. The zero-order valence-electron chi connectivity index (χ0n) is 13.3. The van der Waals surface area contributed by atoms with Gasteiger partial charge in [-0.05, 0) is 37.5 Å². The molecule has 0 aromatic heterocycles. The Morgan fingerprint density at radius 3 is 2.46 bits per heavy atom. The molecule has 1 aliphatic heterocycles. The van der Waals surface area contributed by atoms with E-state index in [1.807, 2.05) is 0 Å². The molecule has 1 aliphatic carbocycles. The molecular formula is C16H21NO5S2. The van der Waals surface area contributed by atoms with Gasteiger partial charge in [0.25, 0.3) is 5.91 Å². The molecule has 24 heavy (non-hydrogen) atoms. The molecule has 1 aromatic rings. The lowest BCUT2D eigenvalue weighted by Gasteiger charge is -2.14. The lowest BCUT2D eigenvalue weighted by molar-refractivity contribution is 0.0937. The van der Waals surface area contributed by atoms with Crippen LogP contribution >= 0.6 is 0 Å². The van der Waals surface area contributed by atoms with Crippen LogP contribution in [0, 0.1) is 0 Å². The van der Waals surface area contributed by atoms with Crippen LogP contribution in [0.15, 0.2) is 29.2 Å². The first-order valence-electron chi connectivity index (χ1n) is 8.13. The Bertz CT molecular complexity index is 839. The van der Waals surface area contributed by atoms with E-state index >= 15 is 0 Å². The summed E-state index contributed by atoms with van der Waals surface area (Å²) in [5, 5.41) is 2.01. The van der Waals surface area contributed by atoms with Gasteiger partial charge in [0.05, 0.1) is 21.7 Å². The molecule has 0 spiro atoms. The molecule has 1 amide bonds. The summed E-state index contributed by atoms with van der Waals surface area (Å²) in [6.07, 6.45) is 4.20. The Kier molecular flexibility index (Phi) is 4.70. The van der Waals surface area contributed by atoms with Gasteiger partial charge >= 0.3 is 0 Å². The summed E-state index contributed by atoms with van der Waals surface area (Å²) < 4.78 is 48.4. The molecule has 0 bridgehead atoms. The normalized spacial score (nSPS) is 24.1. The van der Waals surface area contributed by atoms with E-state index in [9.17, 15) is 21.6 Å². The molecule has 1 atom stereocenters. The highest BCUT2D eigenvalue weighted by atomic mass is 32.2. The molecule has 8 heteroatoms. The summed E-state index contributed by atoms with van der Waals surface area (Å²) in [5.41, 5.74) is 0.295. The molecule has 2 fully saturated rings. The van der Waals surface area contributed by atoms with Crippen LogP contribution in [0.25, 0.3) is 0 Å². The molecule has 1 N–H and O–H groups in total. The van der Waals surface area contributed by atoms with E-state index in [0.717, 1.165) is 25.7 Å². The summed E-state index contributed by atoms with van der Waals surface area (Å²) in [7, 11) is -7.04. The van der Waals surface area contributed by atoms with Crippen molar-refractivity contribution in [2.75, 3.05) is 11.5 Å². The van der Waals surface area contributed by atoms with Crippen LogP contribution in [0.4, 0.5) is 0 Å². The minimum Gasteiger partial charge on any atom is -0.349 e. The summed E-state index contributed by atoms with van der Waals surface area (Å²) in [6, 6.07) is 6.03. The summed E-state index contributed by atoms with van der Waals surface area (Å²) >= 11 is 0. The second kappa shape index (κ2) is 6.48. The average Bonchev–Trinajstić information content (AvgIpc) is 3.17. The lowest BCUT2D eigenvalue weighted by atomic mass is 10.2. The largest absolute Gasteiger partial charge is 0.349 e. The third-order valence-corrected chi connectivity index (χ3v) is 8.91. The van der Waals surface area contributed by atoms with Crippen molar-refractivity contribution < 1.29 is 21.6 Å². The van der Waals surface area contributed by atoms with Crippen LogP contribution in [-0.2, 0) is 19.7 Å². The number of benzene rings is 1. The highest BCUT2D eigenvalue weighted by molar-refractivity contribution is 7.96. The van der Waals surface area contributed by atoms with Gasteiger partial charge in [0, 0.05) is 11.6 Å². The minimum absolute atomic E-state index is 0.0173. The SMILES string of the molecule is O=C(NC1CCCC1)c1cccc(S(=O)(=O)C2CCS(=O)(=O)C2)c1. The number of hydrogen-bond acceptors (Lipinski definition) is 5. The van der Waals surface area contributed by atoms with E-state index in [0.29, 0.717) is 5.56 Å². The Morgan fingerprint density at radius 1 is 1.12 bits per heavy atom. The number of nitrogens with one attached hydrogen (secondary N) is 1. The summed E-state index contributed by atoms with van der Waals surface area (Å²) in [4.78, 5) is 12.3. The quantitative estimate of drug-likeness (QED) is 0.861. The Labute approximate surface area is 142 Å². The second-order valence-electron chi connectivity index (χ2n) is 6.55. The van der Waals surface area contributed by atoms with E-state index in [1.165, 1.54) is 18.2 Å². The third kappa shape index (κ3) is 3.64. The molecule has 6 nitrogen and oxygen atoms in total. The summed E-state index contributed by atoms with van der Waals surface area (Å²) in [5.74, 6) is -0.718. The Balaban J connectivity index is 1.80. The Morgan fingerprint density at radius 2 is 1.83 bits per heavy atom. The van der Waals surface area contributed by atoms with Crippen LogP contribution in [0.3, 0.4) is 0 Å². The highest BCUT2D eigenvalue weighted by Gasteiger charge is 2.38. The second-order valence-corrected chi connectivity index (χ2v) is 11.0. The van der Waals surface area contributed by atoms with E-state index < -0.39 is 24.9 Å². The van der Waals surface area contributed by atoms with Gasteiger partial charge in [0.15, 0.2) is 19.7 Å². The van der Waals surface area contributed by atoms with Gasteiger partial charge in [-0.2, -0.15) is 0 Å². The smallest absolute Gasteiger partial charge is 0.251 e. The molecule has 1 saturated heterocycles. The van der Waals surface area contributed by atoms with Crippen molar-refractivity contribution in [1.29, 1.82) is 0 Å². The summed E-state index contributed by atoms with van der Waals surface area (Å²) in [6.45, 7) is 0. The first kappa shape index (κ1) is 17.4. The molecule has 2 aliphatic rings. The first-order valence-corrected chi connectivity index (χ1v) is 11.5. The number of amides is 1. The van der Waals surface area contributed by atoms with Crippen molar-refractivity contribution in [2.45, 2.75) is 48.3 Å². The predicted octanol–water partition coefficient (Wildman–Crippen LogP) is 1.32. The van der Waals surface area contributed by atoms with Crippen molar-refractivity contribution >= 4 is 25.6 Å². The first-order chi connectivity index (χ1) is 11.3. The van der Waals surface area contributed by atoms with E-state index in [4.69, 9.17) is 0 Å².